The van der Waals surface area contributed by atoms with Crippen molar-refractivity contribution in [2.75, 3.05) is 72.1 Å². The van der Waals surface area contributed by atoms with E-state index in [0.717, 1.165) is 90.5 Å². The maximum absolute atomic E-state index is 12.9. The van der Waals surface area contributed by atoms with E-state index in [0.29, 0.717) is 5.91 Å². The van der Waals surface area contributed by atoms with Crippen LogP contribution in [0.3, 0.4) is 0 Å². The fraction of sp³-hybridized carbons (Fsp3) is 0.720. The van der Waals surface area contributed by atoms with Crippen LogP contribution in [0.1, 0.15) is 38.7 Å². The maximum Gasteiger partial charge on any atom is 0.230 e. The fourth-order valence-corrected chi connectivity index (χ4v) is 5.42. The number of nitrogens with zero attached hydrogens (tertiary/aromatic N) is 4. The SMILES string of the molecule is CCCN1CCC2(CCN(Cc3ccc(OCCN4CCN(CC)CC4)cc3)C2)C1=O. The number of likely N-dealkylation sites (N-methyl/N-ethyl adjacent to an activating group) is 1. The van der Waals surface area contributed by atoms with E-state index in [2.05, 4.69) is 57.7 Å². The first-order valence-corrected chi connectivity index (χ1v) is 12.3. The quantitative estimate of drug-likeness (QED) is 0.604. The number of piperazine rings is 1. The van der Waals surface area contributed by atoms with Gasteiger partial charge in [0.2, 0.25) is 5.91 Å². The van der Waals surface area contributed by atoms with Crippen molar-refractivity contribution in [3.8, 4) is 5.75 Å². The molecule has 0 N–H and O–H groups in total. The molecule has 0 aliphatic carbocycles. The van der Waals surface area contributed by atoms with Gasteiger partial charge >= 0.3 is 0 Å². The third-order valence-corrected chi connectivity index (χ3v) is 7.45. The van der Waals surface area contributed by atoms with Crippen LogP contribution in [0.15, 0.2) is 24.3 Å². The van der Waals surface area contributed by atoms with Gasteiger partial charge in [0, 0.05) is 58.9 Å². The minimum Gasteiger partial charge on any atom is -0.492 e. The maximum atomic E-state index is 12.9. The third-order valence-electron chi connectivity index (χ3n) is 7.45. The summed E-state index contributed by atoms with van der Waals surface area (Å²) in [5.41, 5.74) is 1.19. The monoisotopic (exact) mass is 428 g/mol. The van der Waals surface area contributed by atoms with Gasteiger partial charge < -0.3 is 14.5 Å². The third kappa shape index (κ3) is 5.41. The molecule has 1 amide bonds. The summed E-state index contributed by atoms with van der Waals surface area (Å²) in [6.45, 7) is 16.6. The number of ether oxygens (including phenoxy) is 1. The Kier molecular flexibility index (Phi) is 7.51. The van der Waals surface area contributed by atoms with Crippen LogP contribution in [0.25, 0.3) is 0 Å². The lowest BCUT2D eigenvalue weighted by molar-refractivity contribution is -0.135. The predicted octanol–water partition coefficient (Wildman–Crippen LogP) is 2.54. The lowest BCUT2D eigenvalue weighted by Crippen LogP contribution is -2.47. The Morgan fingerprint density at radius 3 is 2.29 bits per heavy atom. The molecule has 6 heteroatoms. The molecule has 3 saturated heterocycles. The van der Waals surface area contributed by atoms with Crippen LogP contribution in [-0.4, -0.2) is 97.6 Å². The number of amides is 1. The Hall–Kier alpha value is -1.63. The Balaban J connectivity index is 1.19. The van der Waals surface area contributed by atoms with Gasteiger partial charge in [-0.15, -0.1) is 0 Å². The molecule has 3 aliphatic rings. The Morgan fingerprint density at radius 1 is 0.871 bits per heavy atom. The summed E-state index contributed by atoms with van der Waals surface area (Å²) in [5, 5.41) is 0. The number of carbonyl (C=O) groups is 1. The molecule has 1 spiro atoms. The largest absolute Gasteiger partial charge is 0.492 e. The highest BCUT2D eigenvalue weighted by Crippen LogP contribution is 2.41. The zero-order chi connectivity index (χ0) is 21.7. The highest BCUT2D eigenvalue weighted by Gasteiger charge is 2.50. The molecule has 3 aliphatic heterocycles. The Labute approximate surface area is 188 Å². The average Bonchev–Trinajstić information content (AvgIpc) is 3.34. The number of hydrogen-bond acceptors (Lipinski definition) is 5. The molecule has 0 aromatic heterocycles. The fourth-order valence-electron chi connectivity index (χ4n) is 5.42. The van der Waals surface area contributed by atoms with E-state index < -0.39 is 0 Å². The van der Waals surface area contributed by atoms with Crippen LogP contribution in [-0.2, 0) is 11.3 Å². The number of likely N-dealkylation sites (tertiary alicyclic amines) is 2. The molecule has 172 valence electrons. The second-order valence-electron chi connectivity index (χ2n) is 9.55. The Morgan fingerprint density at radius 2 is 1.58 bits per heavy atom. The van der Waals surface area contributed by atoms with Gasteiger partial charge in [-0.2, -0.15) is 0 Å². The van der Waals surface area contributed by atoms with Crippen LogP contribution >= 0.6 is 0 Å². The molecular weight excluding hydrogens is 388 g/mol. The van der Waals surface area contributed by atoms with E-state index in [1.54, 1.807) is 0 Å². The van der Waals surface area contributed by atoms with E-state index in [4.69, 9.17) is 4.74 Å². The van der Waals surface area contributed by atoms with Crippen molar-refractivity contribution < 1.29 is 9.53 Å². The normalized spacial score (nSPS) is 25.7. The molecular formula is C25H40N4O2. The van der Waals surface area contributed by atoms with E-state index >= 15 is 0 Å². The zero-order valence-corrected chi connectivity index (χ0v) is 19.5. The molecule has 3 heterocycles. The highest BCUT2D eigenvalue weighted by atomic mass is 16.5. The van der Waals surface area contributed by atoms with Crippen LogP contribution in [0.2, 0.25) is 0 Å². The van der Waals surface area contributed by atoms with Crippen molar-refractivity contribution in [1.82, 2.24) is 19.6 Å². The van der Waals surface area contributed by atoms with E-state index in [-0.39, 0.29) is 5.41 Å². The van der Waals surface area contributed by atoms with E-state index in [1.807, 2.05) is 0 Å². The van der Waals surface area contributed by atoms with E-state index in [1.165, 1.54) is 18.7 Å². The minimum absolute atomic E-state index is 0.110. The molecule has 0 bridgehead atoms. The van der Waals surface area contributed by atoms with Crippen molar-refractivity contribution in [1.29, 1.82) is 0 Å². The summed E-state index contributed by atoms with van der Waals surface area (Å²) in [5.74, 6) is 1.35. The molecule has 0 radical (unpaired) electrons. The van der Waals surface area contributed by atoms with Gasteiger partial charge in [0.05, 0.1) is 5.41 Å². The molecule has 1 aromatic rings. The molecule has 4 rings (SSSR count). The molecule has 1 atom stereocenters. The summed E-state index contributed by atoms with van der Waals surface area (Å²) >= 11 is 0. The molecule has 31 heavy (non-hydrogen) atoms. The first-order valence-electron chi connectivity index (χ1n) is 12.3. The topological polar surface area (TPSA) is 39.3 Å². The van der Waals surface area contributed by atoms with Gasteiger partial charge in [-0.25, -0.2) is 0 Å². The molecule has 1 aromatic carbocycles. The van der Waals surface area contributed by atoms with Crippen molar-refractivity contribution >= 4 is 5.91 Å². The number of hydrogen-bond donors (Lipinski definition) is 0. The summed E-state index contributed by atoms with van der Waals surface area (Å²) in [7, 11) is 0. The van der Waals surface area contributed by atoms with Crippen molar-refractivity contribution in [2.24, 2.45) is 5.41 Å². The lowest BCUT2D eigenvalue weighted by atomic mass is 9.85. The zero-order valence-electron chi connectivity index (χ0n) is 19.5. The number of benzene rings is 1. The molecule has 3 fully saturated rings. The predicted molar refractivity (Wildman–Crippen MR) is 124 cm³/mol. The van der Waals surface area contributed by atoms with Gasteiger partial charge in [-0.1, -0.05) is 26.0 Å². The highest BCUT2D eigenvalue weighted by molar-refractivity contribution is 5.85. The first-order chi connectivity index (χ1) is 15.1. The van der Waals surface area contributed by atoms with Crippen LogP contribution in [0.4, 0.5) is 0 Å². The van der Waals surface area contributed by atoms with Gasteiger partial charge in [0.15, 0.2) is 0 Å². The van der Waals surface area contributed by atoms with E-state index in [9.17, 15) is 4.79 Å². The van der Waals surface area contributed by atoms with Gasteiger partial charge in [-0.05, 0) is 50.0 Å². The van der Waals surface area contributed by atoms with Crippen LogP contribution in [0, 0.1) is 5.41 Å². The number of carbonyl (C=O) groups excluding carboxylic acids is 1. The minimum atomic E-state index is -0.110. The summed E-state index contributed by atoms with van der Waals surface area (Å²) < 4.78 is 5.99. The van der Waals surface area contributed by atoms with Gasteiger partial charge in [0.25, 0.3) is 0 Å². The molecule has 6 nitrogen and oxygen atoms in total. The van der Waals surface area contributed by atoms with Crippen LogP contribution in [0.5, 0.6) is 5.75 Å². The summed E-state index contributed by atoms with van der Waals surface area (Å²) in [4.78, 5) is 22.4. The van der Waals surface area contributed by atoms with Crippen molar-refractivity contribution in [3.05, 3.63) is 29.8 Å². The standard InChI is InChI=1S/C25H40N4O2/c1-3-11-29-13-10-25(24(29)30)9-12-28(21-25)20-22-5-7-23(8-6-22)31-19-18-27-16-14-26(4-2)15-17-27/h5-8H,3-4,9-21H2,1-2H3. The van der Waals surface area contributed by atoms with Crippen molar-refractivity contribution in [3.63, 3.8) is 0 Å². The van der Waals surface area contributed by atoms with Gasteiger partial charge in [0.1, 0.15) is 12.4 Å². The summed E-state index contributed by atoms with van der Waals surface area (Å²) in [6.07, 6.45) is 3.10. The molecule has 0 saturated carbocycles. The smallest absolute Gasteiger partial charge is 0.230 e. The molecule has 1 unspecified atom stereocenters. The lowest BCUT2D eigenvalue weighted by Gasteiger charge is -2.33. The summed E-state index contributed by atoms with van der Waals surface area (Å²) in [6, 6.07) is 8.56. The number of rotatable bonds is 9. The Bertz CT molecular complexity index is 717. The van der Waals surface area contributed by atoms with Crippen LogP contribution < -0.4 is 4.74 Å². The second-order valence-corrected chi connectivity index (χ2v) is 9.55. The first kappa shape index (κ1) is 22.6. The average molecular weight is 429 g/mol. The van der Waals surface area contributed by atoms with Crippen molar-refractivity contribution in [2.45, 2.75) is 39.7 Å². The van der Waals surface area contributed by atoms with Gasteiger partial charge in [-0.3, -0.25) is 14.6 Å². The second kappa shape index (κ2) is 10.3.